The van der Waals surface area contributed by atoms with Crippen LogP contribution in [0.25, 0.3) is 11.1 Å². The summed E-state index contributed by atoms with van der Waals surface area (Å²) < 4.78 is 16.7. The highest BCUT2D eigenvalue weighted by Crippen LogP contribution is 2.74. The molecule has 258 valence electrons. The topological polar surface area (TPSA) is 99.2 Å². The summed E-state index contributed by atoms with van der Waals surface area (Å²) in [6.07, 6.45) is 0. The van der Waals surface area contributed by atoms with Crippen LogP contribution in [0.1, 0.15) is 39.5 Å². The molecule has 8 heteroatoms. The molecule has 52 heavy (non-hydrogen) atoms. The van der Waals surface area contributed by atoms with Crippen LogP contribution in [0.4, 0.5) is 5.69 Å². The molecule has 0 N–H and O–H groups in total. The molecule has 1 saturated heterocycles. The molecule has 4 atom stereocenters. The zero-order valence-corrected chi connectivity index (χ0v) is 29.1. The third kappa shape index (κ3) is 4.27. The summed E-state index contributed by atoms with van der Waals surface area (Å²) >= 11 is 0. The molecule has 0 radical (unpaired) electrons. The first-order valence-electron chi connectivity index (χ1n) is 17.0. The van der Waals surface area contributed by atoms with Gasteiger partial charge in [0.25, 0.3) is 0 Å². The Kier molecular flexibility index (Phi) is 7.72. The molecule has 1 aliphatic heterocycles. The number of imide groups is 1. The molecule has 1 saturated carbocycles. The van der Waals surface area contributed by atoms with Crippen molar-refractivity contribution in [3.8, 4) is 17.2 Å². The van der Waals surface area contributed by atoms with Gasteiger partial charge in [-0.25, -0.2) is 4.90 Å². The van der Waals surface area contributed by atoms with Crippen LogP contribution < -0.4 is 19.1 Å². The number of amides is 2. The van der Waals surface area contributed by atoms with Gasteiger partial charge in [-0.05, 0) is 82.8 Å². The van der Waals surface area contributed by atoms with E-state index in [0.29, 0.717) is 39.3 Å². The Morgan fingerprint density at radius 2 is 1.02 bits per heavy atom. The first-order valence-corrected chi connectivity index (χ1v) is 17.0. The fourth-order valence-electron chi connectivity index (χ4n) is 8.96. The minimum absolute atomic E-state index is 0.162. The summed E-state index contributed by atoms with van der Waals surface area (Å²) in [5.74, 6) is -2.31. The second kappa shape index (κ2) is 12.2. The quantitative estimate of drug-likeness (QED) is 0.120. The fourth-order valence-corrected chi connectivity index (χ4v) is 8.96. The maximum atomic E-state index is 16.2. The van der Waals surface area contributed by atoms with Gasteiger partial charge in [0.2, 0.25) is 11.8 Å². The summed E-state index contributed by atoms with van der Waals surface area (Å²) in [5.41, 5.74) is 1.22. The molecule has 8 rings (SSSR count). The van der Waals surface area contributed by atoms with Crippen molar-refractivity contribution in [2.45, 2.75) is 17.8 Å². The number of rotatable bonds is 9. The van der Waals surface area contributed by atoms with Gasteiger partial charge in [0.1, 0.15) is 17.2 Å². The number of carbonyl (C=O) groups excluding carboxylic acids is 4. The smallest absolute Gasteiger partial charge is 0.239 e. The monoisotopic (exact) mass is 689 g/mol. The van der Waals surface area contributed by atoms with Crippen LogP contribution in [-0.4, -0.2) is 44.7 Å². The van der Waals surface area contributed by atoms with Crippen LogP contribution in [-0.2, 0) is 25.2 Å². The lowest BCUT2D eigenvalue weighted by atomic mass is 9.59. The standard InChI is InChI=1S/C44H35NO7/c1-26(46)29-19-24-35(52-4)34(25-29)45-40(47)38-39(41(45)48)44(31-13-9-6-10-14-31)37(28-17-22-33(51-3)23-18-28)36(27-15-20-32(50-2)21-16-27)43(38,42(44)49)30-11-7-5-8-12-30/h5-25,38-39H,1-4H3/t38-,39-,43+,44+/m1/s1. The normalized spacial score (nSPS) is 23.2. The number of anilines is 1. The maximum absolute atomic E-state index is 16.2. The van der Waals surface area contributed by atoms with E-state index >= 15 is 14.4 Å². The first-order chi connectivity index (χ1) is 25.2. The van der Waals surface area contributed by atoms with Crippen molar-refractivity contribution in [3.05, 3.63) is 155 Å². The Bertz CT molecular complexity index is 2170. The summed E-state index contributed by atoms with van der Waals surface area (Å²) in [6, 6.07) is 38.3. The van der Waals surface area contributed by atoms with Crippen LogP contribution in [0.3, 0.4) is 0 Å². The number of allylic oxidation sites excluding steroid dienone is 2. The number of benzene rings is 5. The van der Waals surface area contributed by atoms with E-state index in [-0.39, 0.29) is 23.0 Å². The number of fused-ring (bicyclic) bond motifs is 5. The number of hydrogen-bond donors (Lipinski definition) is 0. The zero-order valence-electron chi connectivity index (χ0n) is 29.1. The zero-order chi connectivity index (χ0) is 36.4. The number of hydrogen-bond acceptors (Lipinski definition) is 7. The molecular weight excluding hydrogens is 654 g/mol. The Balaban J connectivity index is 1.53. The highest BCUT2D eigenvalue weighted by atomic mass is 16.5. The van der Waals surface area contributed by atoms with Crippen LogP contribution in [0.5, 0.6) is 17.2 Å². The largest absolute Gasteiger partial charge is 0.497 e. The van der Waals surface area contributed by atoms with Crippen LogP contribution in [0.2, 0.25) is 0 Å². The van der Waals surface area contributed by atoms with Crippen molar-refractivity contribution >= 4 is 40.2 Å². The highest BCUT2D eigenvalue weighted by Gasteiger charge is 2.82. The molecule has 0 spiro atoms. The van der Waals surface area contributed by atoms with Crippen molar-refractivity contribution in [1.82, 2.24) is 0 Å². The number of methoxy groups -OCH3 is 3. The Morgan fingerprint density at radius 3 is 1.40 bits per heavy atom. The molecule has 0 unspecified atom stereocenters. The van der Waals surface area contributed by atoms with Gasteiger partial charge >= 0.3 is 0 Å². The van der Waals surface area contributed by atoms with Crippen LogP contribution in [0.15, 0.2) is 127 Å². The van der Waals surface area contributed by atoms with Gasteiger partial charge in [0.05, 0.1) is 49.7 Å². The van der Waals surface area contributed by atoms with Gasteiger partial charge < -0.3 is 14.2 Å². The van der Waals surface area contributed by atoms with Gasteiger partial charge in [-0.15, -0.1) is 0 Å². The van der Waals surface area contributed by atoms with Gasteiger partial charge in [0.15, 0.2) is 11.6 Å². The van der Waals surface area contributed by atoms with Crippen LogP contribution >= 0.6 is 0 Å². The molecule has 5 aromatic carbocycles. The van der Waals surface area contributed by atoms with Gasteiger partial charge in [-0.2, -0.15) is 0 Å². The van der Waals surface area contributed by atoms with E-state index < -0.39 is 34.5 Å². The van der Waals surface area contributed by atoms with Crippen molar-refractivity contribution < 1.29 is 33.4 Å². The second-order valence-corrected chi connectivity index (χ2v) is 13.3. The molecule has 2 bridgehead atoms. The maximum Gasteiger partial charge on any atom is 0.239 e. The summed E-state index contributed by atoms with van der Waals surface area (Å²) in [6.45, 7) is 1.42. The van der Waals surface area contributed by atoms with E-state index in [0.717, 1.165) is 16.0 Å². The lowest BCUT2D eigenvalue weighted by molar-refractivity contribution is -0.130. The molecule has 2 fully saturated rings. The molecular formula is C44H35NO7. The predicted octanol–water partition coefficient (Wildman–Crippen LogP) is 7.10. The third-order valence-electron chi connectivity index (χ3n) is 11.0. The van der Waals surface area contributed by atoms with Gasteiger partial charge in [-0.3, -0.25) is 19.2 Å². The molecule has 8 nitrogen and oxygen atoms in total. The van der Waals surface area contributed by atoms with Gasteiger partial charge in [0, 0.05) is 5.56 Å². The summed E-state index contributed by atoms with van der Waals surface area (Å²) in [4.78, 5) is 60.7. The number of Topliss-reactive ketones (excluding diaryl/α,β-unsaturated/α-hetero) is 2. The minimum atomic E-state index is -1.60. The minimum Gasteiger partial charge on any atom is -0.497 e. The molecule has 5 aromatic rings. The summed E-state index contributed by atoms with van der Waals surface area (Å²) in [7, 11) is 4.63. The fraction of sp³-hybridized carbons (Fsp3) is 0.182. The molecule has 1 heterocycles. The van der Waals surface area contributed by atoms with Crippen molar-refractivity contribution in [3.63, 3.8) is 0 Å². The van der Waals surface area contributed by atoms with Crippen molar-refractivity contribution in [2.24, 2.45) is 11.8 Å². The second-order valence-electron chi connectivity index (χ2n) is 13.3. The lowest BCUT2D eigenvalue weighted by Crippen LogP contribution is -2.45. The highest BCUT2D eigenvalue weighted by molar-refractivity contribution is 6.39. The van der Waals surface area contributed by atoms with Crippen molar-refractivity contribution in [1.29, 1.82) is 0 Å². The Hall–Kier alpha value is -6.28. The molecule has 2 amide bonds. The Morgan fingerprint density at radius 1 is 0.577 bits per heavy atom. The van der Waals surface area contributed by atoms with E-state index in [1.165, 1.54) is 20.1 Å². The summed E-state index contributed by atoms with van der Waals surface area (Å²) in [5, 5.41) is 0. The molecule has 3 aliphatic rings. The Labute approximate surface area is 301 Å². The van der Waals surface area contributed by atoms with E-state index in [4.69, 9.17) is 14.2 Å². The first kappa shape index (κ1) is 32.9. The van der Waals surface area contributed by atoms with E-state index in [2.05, 4.69) is 0 Å². The number of carbonyl (C=O) groups is 4. The third-order valence-corrected chi connectivity index (χ3v) is 11.0. The van der Waals surface area contributed by atoms with Crippen molar-refractivity contribution in [2.75, 3.05) is 26.2 Å². The average Bonchev–Trinajstić information content (AvgIpc) is 3.70. The van der Waals surface area contributed by atoms with E-state index in [1.54, 1.807) is 26.4 Å². The SMILES string of the molecule is COc1ccc(C2=C(c3ccc(OC)cc3)[C@]3(c4ccccc4)C(=O)[C@]2(c2ccccc2)[C@H]2C(=O)N(c4cc(C(C)=O)ccc4OC)C(=O)[C@@H]23)cc1. The van der Waals surface area contributed by atoms with Crippen LogP contribution in [0, 0.1) is 11.8 Å². The number of ketones is 2. The van der Waals surface area contributed by atoms with Gasteiger partial charge in [-0.1, -0.05) is 84.9 Å². The predicted molar refractivity (Wildman–Crippen MR) is 197 cm³/mol. The lowest BCUT2D eigenvalue weighted by Gasteiger charge is -2.39. The number of ether oxygens (including phenoxy) is 3. The average molecular weight is 690 g/mol. The molecule has 2 aliphatic carbocycles. The molecule has 0 aromatic heterocycles. The van der Waals surface area contributed by atoms with E-state index in [9.17, 15) is 4.79 Å². The van der Waals surface area contributed by atoms with E-state index in [1.807, 2.05) is 109 Å². The number of nitrogens with zero attached hydrogens (tertiary/aromatic N) is 1.